The smallest absolute Gasteiger partial charge is 0.0854 e. The zero-order valence-corrected chi connectivity index (χ0v) is 13.6. The van der Waals surface area contributed by atoms with Gasteiger partial charge in [-0.2, -0.15) is 5.10 Å². The zero-order chi connectivity index (χ0) is 13.8. The van der Waals surface area contributed by atoms with Gasteiger partial charge in [-0.15, -0.1) is 11.3 Å². The van der Waals surface area contributed by atoms with E-state index in [1.54, 1.807) is 11.3 Å². The van der Waals surface area contributed by atoms with Crippen molar-refractivity contribution in [2.45, 2.75) is 45.3 Å². The van der Waals surface area contributed by atoms with Gasteiger partial charge in [-0.1, -0.05) is 13.8 Å². The van der Waals surface area contributed by atoms with Gasteiger partial charge < -0.3 is 5.11 Å². The molecule has 0 spiro atoms. The van der Waals surface area contributed by atoms with Gasteiger partial charge in [0.15, 0.2) is 0 Å². The Hall–Kier alpha value is -0.650. The number of hydrogen-bond acceptors (Lipinski definition) is 3. The van der Waals surface area contributed by atoms with Crippen molar-refractivity contribution in [3.63, 3.8) is 0 Å². The Labute approximate surface area is 126 Å². The minimum atomic E-state index is -0.479. The standard InChI is InChI=1S/C14H19BrN2OS/c1-3-12(4-2)17-6-5-11(16-17)8-13(18)10-7-14(15)19-9-10/h5-7,9,12-13,18H,3-4,8H2,1-2H3. The van der Waals surface area contributed by atoms with Crippen molar-refractivity contribution in [2.75, 3.05) is 0 Å². The molecule has 0 saturated heterocycles. The van der Waals surface area contributed by atoms with Gasteiger partial charge in [-0.25, -0.2) is 0 Å². The third-order valence-electron chi connectivity index (χ3n) is 3.36. The van der Waals surface area contributed by atoms with Gasteiger partial charge in [0, 0.05) is 12.6 Å². The average molecular weight is 343 g/mol. The van der Waals surface area contributed by atoms with Crippen LogP contribution in [0.2, 0.25) is 0 Å². The highest BCUT2D eigenvalue weighted by molar-refractivity contribution is 9.11. The van der Waals surface area contributed by atoms with Crippen molar-refractivity contribution in [3.8, 4) is 0 Å². The molecule has 0 saturated carbocycles. The molecule has 0 fully saturated rings. The molecule has 1 unspecified atom stereocenters. The van der Waals surface area contributed by atoms with Gasteiger partial charge >= 0.3 is 0 Å². The first-order chi connectivity index (χ1) is 9.13. The summed E-state index contributed by atoms with van der Waals surface area (Å²) in [6, 6.07) is 4.43. The van der Waals surface area contributed by atoms with E-state index >= 15 is 0 Å². The second-order valence-corrected chi connectivity index (χ2v) is 6.95. The van der Waals surface area contributed by atoms with Crippen LogP contribution in [0.15, 0.2) is 27.5 Å². The van der Waals surface area contributed by atoms with Crippen LogP contribution >= 0.6 is 27.3 Å². The van der Waals surface area contributed by atoms with E-state index in [1.165, 1.54) is 0 Å². The van der Waals surface area contributed by atoms with E-state index in [0.717, 1.165) is 27.9 Å². The first-order valence-electron chi connectivity index (χ1n) is 6.60. The summed E-state index contributed by atoms with van der Waals surface area (Å²) in [5.74, 6) is 0. The molecule has 104 valence electrons. The number of thiophene rings is 1. The van der Waals surface area contributed by atoms with E-state index in [-0.39, 0.29) is 0 Å². The highest BCUT2D eigenvalue weighted by Gasteiger charge is 2.14. The maximum Gasteiger partial charge on any atom is 0.0854 e. The predicted molar refractivity (Wildman–Crippen MR) is 82.5 cm³/mol. The minimum absolute atomic E-state index is 0.459. The number of nitrogens with zero attached hydrogens (tertiary/aromatic N) is 2. The highest BCUT2D eigenvalue weighted by atomic mass is 79.9. The number of halogens is 1. The number of aliphatic hydroxyl groups excluding tert-OH is 1. The molecule has 1 N–H and O–H groups in total. The van der Waals surface area contributed by atoms with Gasteiger partial charge in [-0.05, 0) is 51.8 Å². The maximum absolute atomic E-state index is 10.2. The van der Waals surface area contributed by atoms with Crippen LogP contribution in [-0.4, -0.2) is 14.9 Å². The van der Waals surface area contributed by atoms with Gasteiger partial charge in [0.05, 0.1) is 21.6 Å². The summed E-state index contributed by atoms with van der Waals surface area (Å²) in [5.41, 5.74) is 1.90. The Morgan fingerprint density at radius 1 is 1.42 bits per heavy atom. The van der Waals surface area contributed by atoms with Crippen LogP contribution in [0.1, 0.15) is 50.1 Å². The Kier molecular flexibility index (Phi) is 5.19. The lowest BCUT2D eigenvalue weighted by Crippen LogP contribution is -2.09. The number of aromatic nitrogens is 2. The molecule has 3 nitrogen and oxygen atoms in total. The van der Waals surface area contributed by atoms with Crippen molar-refractivity contribution in [3.05, 3.63) is 38.8 Å². The largest absolute Gasteiger partial charge is 0.388 e. The second-order valence-electron chi connectivity index (χ2n) is 4.66. The molecule has 0 aliphatic rings. The Bertz CT molecular complexity index is 519. The normalized spacial score (nSPS) is 13.1. The van der Waals surface area contributed by atoms with E-state index in [2.05, 4.69) is 34.9 Å². The molecular weight excluding hydrogens is 324 g/mol. The molecule has 0 aliphatic heterocycles. The van der Waals surface area contributed by atoms with Gasteiger partial charge in [0.1, 0.15) is 0 Å². The lowest BCUT2D eigenvalue weighted by atomic mass is 10.1. The monoisotopic (exact) mass is 342 g/mol. The van der Waals surface area contributed by atoms with Crippen LogP contribution in [0.5, 0.6) is 0 Å². The molecule has 2 aromatic rings. The van der Waals surface area contributed by atoms with Crippen molar-refractivity contribution in [2.24, 2.45) is 0 Å². The fraction of sp³-hybridized carbons (Fsp3) is 0.500. The Morgan fingerprint density at radius 3 is 2.74 bits per heavy atom. The molecule has 2 aromatic heterocycles. The highest BCUT2D eigenvalue weighted by Crippen LogP contribution is 2.27. The second kappa shape index (κ2) is 6.68. The summed E-state index contributed by atoms with van der Waals surface area (Å²) in [7, 11) is 0. The van der Waals surface area contributed by atoms with Crippen LogP contribution in [0.3, 0.4) is 0 Å². The molecule has 0 amide bonds. The van der Waals surface area contributed by atoms with E-state index < -0.39 is 6.10 Å². The fourth-order valence-corrected chi connectivity index (χ4v) is 3.39. The molecule has 0 radical (unpaired) electrons. The van der Waals surface area contributed by atoms with Crippen molar-refractivity contribution < 1.29 is 5.11 Å². The predicted octanol–water partition coefficient (Wildman–Crippen LogP) is 4.34. The van der Waals surface area contributed by atoms with Crippen LogP contribution in [0, 0.1) is 0 Å². The topological polar surface area (TPSA) is 38.0 Å². The third-order valence-corrected chi connectivity index (χ3v) is 4.88. The van der Waals surface area contributed by atoms with Crippen LogP contribution < -0.4 is 0 Å². The molecule has 5 heteroatoms. The molecule has 2 heterocycles. The lowest BCUT2D eigenvalue weighted by Gasteiger charge is -2.12. The van der Waals surface area contributed by atoms with Crippen molar-refractivity contribution >= 4 is 27.3 Å². The summed E-state index contributed by atoms with van der Waals surface area (Å²) >= 11 is 5.01. The van der Waals surface area contributed by atoms with E-state index in [4.69, 9.17) is 0 Å². The first-order valence-corrected chi connectivity index (χ1v) is 8.27. The Morgan fingerprint density at radius 2 is 2.16 bits per heavy atom. The van der Waals surface area contributed by atoms with Crippen molar-refractivity contribution in [1.29, 1.82) is 0 Å². The molecule has 0 aromatic carbocycles. The maximum atomic E-state index is 10.2. The number of hydrogen-bond donors (Lipinski definition) is 1. The fourth-order valence-electron chi connectivity index (χ4n) is 2.17. The number of rotatable bonds is 6. The van der Waals surface area contributed by atoms with Crippen LogP contribution in [0.4, 0.5) is 0 Å². The zero-order valence-electron chi connectivity index (χ0n) is 11.2. The quantitative estimate of drug-likeness (QED) is 0.847. The van der Waals surface area contributed by atoms with Gasteiger partial charge in [0.2, 0.25) is 0 Å². The third kappa shape index (κ3) is 3.68. The van der Waals surface area contributed by atoms with Gasteiger partial charge in [-0.3, -0.25) is 4.68 Å². The summed E-state index contributed by atoms with van der Waals surface area (Å²) in [4.78, 5) is 0. The molecule has 19 heavy (non-hydrogen) atoms. The summed E-state index contributed by atoms with van der Waals surface area (Å²) in [6.45, 7) is 4.35. The molecule has 0 bridgehead atoms. The van der Waals surface area contributed by atoms with E-state index in [1.807, 2.05) is 28.4 Å². The number of aliphatic hydroxyl groups is 1. The first kappa shape index (κ1) is 14.8. The summed E-state index contributed by atoms with van der Waals surface area (Å²) in [6.07, 6.45) is 4.27. The van der Waals surface area contributed by atoms with Crippen molar-refractivity contribution in [1.82, 2.24) is 9.78 Å². The van der Waals surface area contributed by atoms with Crippen LogP contribution in [0.25, 0.3) is 0 Å². The molecule has 0 aliphatic carbocycles. The average Bonchev–Trinajstić information content (AvgIpc) is 3.00. The summed E-state index contributed by atoms with van der Waals surface area (Å²) in [5, 5.41) is 16.7. The van der Waals surface area contributed by atoms with E-state index in [0.29, 0.717) is 12.5 Å². The minimum Gasteiger partial charge on any atom is -0.388 e. The SMILES string of the molecule is CCC(CC)n1ccc(CC(O)c2csc(Br)c2)n1. The Balaban J connectivity index is 2.03. The van der Waals surface area contributed by atoms with E-state index in [9.17, 15) is 5.11 Å². The molecule has 2 rings (SSSR count). The van der Waals surface area contributed by atoms with Crippen LogP contribution in [-0.2, 0) is 6.42 Å². The summed E-state index contributed by atoms with van der Waals surface area (Å²) < 4.78 is 3.06. The lowest BCUT2D eigenvalue weighted by molar-refractivity contribution is 0.177. The molecule has 1 atom stereocenters. The molecular formula is C14H19BrN2OS. The van der Waals surface area contributed by atoms with Gasteiger partial charge in [0.25, 0.3) is 0 Å².